The third-order valence-electron chi connectivity index (χ3n) is 3.43. The molecule has 0 aromatic heterocycles. The standard InChI is InChI=1S/C12H16Cl2N2/c13-9-2-3-10(14)11(6-9)16-8-12(7-15)4-1-5-12/h2-3,6,16H,1,4-5,7-8,15H2. The Morgan fingerprint density at radius 3 is 2.62 bits per heavy atom. The van der Waals surface area contributed by atoms with Crippen molar-refractivity contribution in [2.24, 2.45) is 11.1 Å². The lowest BCUT2D eigenvalue weighted by Gasteiger charge is -2.41. The summed E-state index contributed by atoms with van der Waals surface area (Å²) in [6.07, 6.45) is 3.69. The average Bonchev–Trinajstić information content (AvgIpc) is 2.22. The van der Waals surface area contributed by atoms with Crippen molar-refractivity contribution in [3.8, 4) is 0 Å². The molecule has 88 valence electrons. The van der Waals surface area contributed by atoms with Crippen LogP contribution < -0.4 is 11.1 Å². The highest BCUT2D eigenvalue weighted by Gasteiger charge is 2.35. The lowest BCUT2D eigenvalue weighted by molar-refractivity contribution is 0.163. The second-order valence-corrected chi connectivity index (χ2v) is 5.38. The molecule has 1 aliphatic rings. The van der Waals surface area contributed by atoms with E-state index in [9.17, 15) is 0 Å². The number of hydrogen-bond acceptors (Lipinski definition) is 2. The van der Waals surface area contributed by atoms with Gasteiger partial charge in [-0.05, 0) is 43.0 Å². The maximum Gasteiger partial charge on any atom is 0.0638 e. The summed E-state index contributed by atoms with van der Waals surface area (Å²) < 4.78 is 0. The van der Waals surface area contributed by atoms with Crippen LogP contribution in [-0.2, 0) is 0 Å². The van der Waals surface area contributed by atoms with Crippen molar-refractivity contribution in [3.63, 3.8) is 0 Å². The van der Waals surface area contributed by atoms with Gasteiger partial charge in [-0.15, -0.1) is 0 Å². The van der Waals surface area contributed by atoms with Crippen LogP contribution in [0.5, 0.6) is 0 Å². The lowest BCUT2D eigenvalue weighted by Crippen LogP contribution is -2.43. The van der Waals surface area contributed by atoms with Crippen LogP contribution in [0.4, 0.5) is 5.69 Å². The van der Waals surface area contributed by atoms with Crippen molar-refractivity contribution in [2.45, 2.75) is 19.3 Å². The van der Waals surface area contributed by atoms with E-state index in [1.807, 2.05) is 12.1 Å². The third kappa shape index (κ3) is 2.45. The van der Waals surface area contributed by atoms with Crippen molar-refractivity contribution >= 4 is 28.9 Å². The summed E-state index contributed by atoms with van der Waals surface area (Å²) in [5.41, 5.74) is 6.97. The topological polar surface area (TPSA) is 38.0 Å². The van der Waals surface area contributed by atoms with Crippen molar-refractivity contribution in [3.05, 3.63) is 28.2 Å². The van der Waals surface area contributed by atoms with E-state index in [0.717, 1.165) is 18.8 Å². The smallest absolute Gasteiger partial charge is 0.0638 e. The molecule has 0 spiro atoms. The van der Waals surface area contributed by atoms with Gasteiger partial charge in [-0.25, -0.2) is 0 Å². The molecule has 0 unspecified atom stereocenters. The Labute approximate surface area is 106 Å². The Kier molecular flexibility index (Phi) is 3.63. The maximum atomic E-state index is 6.08. The molecule has 3 N–H and O–H groups in total. The number of benzene rings is 1. The number of anilines is 1. The molecule has 1 fully saturated rings. The summed E-state index contributed by atoms with van der Waals surface area (Å²) in [4.78, 5) is 0. The van der Waals surface area contributed by atoms with Gasteiger partial charge in [0.15, 0.2) is 0 Å². The number of nitrogens with one attached hydrogen (secondary N) is 1. The van der Waals surface area contributed by atoms with Gasteiger partial charge in [0.05, 0.1) is 10.7 Å². The normalized spacial score (nSPS) is 17.9. The Balaban J connectivity index is 2.01. The minimum absolute atomic E-state index is 0.269. The van der Waals surface area contributed by atoms with E-state index >= 15 is 0 Å². The summed E-state index contributed by atoms with van der Waals surface area (Å²) in [7, 11) is 0. The number of rotatable bonds is 4. The Morgan fingerprint density at radius 2 is 2.06 bits per heavy atom. The zero-order chi connectivity index (χ0) is 11.6. The molecule has 0 amide bonds. The molecule has 2 rings (SSSR count). The van der Waals surface area contributed by atoms with E-state index in [1.165, 1.54) is 19.3 Å². The highest BCUT2D eigenvalue weighted by atomic mass is 35.5. The van der Waals surface area contributed by atoms with E-state index in [1.54, 1.807) is 6.07 Å². The first-order valence-electron chi connectivity index (χ1n) is 5.54. The molecular formula is C12H16Cl2N2. The zero-order valence-electron chi connectivity index (χ0n) is 9.10. The largest absolute Gasteiger partial charge is 0.383 e. The quantitative estimate of drug-likeness (QED) is 0.868. The Morgan fingerprint density at radius 1 is 1.31 bits per heavy atom. The fraction of sp³-hybridized carbons (Fsp3) is 0.500. The molecule has 1 aliphatic carbocycles. The molecule has 0 heterocycles. The number of nitrogens with two attached hydrogens (primary N) is 1. The molecule has 0 radical (unpaired) electrons. The van der Waals surface area contributed by atoms with Crippen LogP contribution in [0.25, 0.3) is 0 Å². The molecule has 0 aliphatic heterocycles. The monoisotopic (exact) mass is 258 g/mol. The van der Waals surface area contributed by atoms with Gasteiger partial charge in [0, 0.05) is 11.6 Å². The Hall–Kier alpha value is -0.440. The highest BCUT2D eigenvalue weighted by molar-refractivity contribution is 6.35. The van der Waals surface area contributed by atoms with Crippen LogP contribution in [0.1, 0.15) is 19.3 Å². The second kappa shape index (κ2) is 4.82. The van der Waals surface area contributed by atoms with Crippen LogP contribution in [-0.4, -0.2) is 13.1 Å². The van der Waals surface area contributed by atoms with E-state index in [2.05, 4.69) is 5.32 Å². The lowest BCUT2D eigenvalue weighted by atomic mass is 9.69. The van der Waals surface area contributed by atoms with Gasteiger partial charge < -0.3 is 11.1 Å². The van der Waals surface area contributed by atoms with Gasteiger partial charge in [-0.1, -0.05) is 29.6 Å². The molecule has 16 heavy (non-hydrogen) atoms. The van der Waals surface area contributed by atoms with Crippen molar-refractivity contribution < 1.29 is 0 Å². The average molecular weight is 259 g/mol. The van der Waals surface area contributed by atoms with Gasteiger partial charge in [0.1, 0.15) is 0 Å². The van der Waals surface area contributed by atoms with Crippen LogP contribution in [0, 0.1) is 5.41 Å². The number of hydrogen-bond donors (Lipinski definition) is 2. The summed E-state index contributed by atoms with van der Waals surface area (Å²) in [5, 5.41) is 4.75. The van der Waals surface area contributed by atoms with Crippen molar-refractivity contribution in [2.75, 3.05) is 18.4 Å². The van der Waals surface area contributed by atoms with E-state index < -0.39 is 0 Å². The third-order valence-corrected chi connectivity index (χ3v) is 3.99. The van der Waals surface area contributed by atoms with E-state index in [0.29, 0.717) is 10.0 Å². The molecule has 0 saturated heterocycles. The highest BCUT2D eigenvalue weighted by Crippen LogP contribution is 2.40. The molecular weight excluding hydrogens is 243 g/mol. The molecule has 1 aromatic rings. The first kappa shape index (κ1) is 12.0. The summed E-state index contributed by atoms with van der Waals surface area (Å²) >= 11 is 12.0. The van der Waals surface area contributed by atoms with Crippen LogP contribution in [0.2, 0.25) is 10.0 Å². The molecule has 2 nitrogen and oxygen atoms in total. The zero-order valence-corrected chi connectivity index (χ0v) is 10.6. The minimum atomic E-state index is 0.269. The first-order chi connectivity index (χ1) is 7.65. The van der Waals surface area contributed by atoms with Crippen molar-refractivity contribution in [1.82, 2.24) is 0 Å². The van der Waals surface area contributed by atoms with Gasteiger partial charge in [0.2, 0.25) is 0 Å². The van der Waals surface area contributed by atoms with E-state index in [4.69, 9.17) is 28.9 Å². The predicted molar refractivity (Wildman–Crippen MR) is 70.3 cm³/mol. The summed E-state index contributed by atoms with van der Waals surface area (Å²) in [6.45, 7) is 1.61. The van der Waals surface area contributed by atoms with Gasteiger partial charge >= 0.3 is 0 Å². The predicted octanol–water partition coefficient (Wildman–Crippen LogP) is 3.53. The molecule has 0 atom stereocenters. The van der Waals surface area contributed by atoms with Crippen LogP contribution in [0.15, 0.2) is 18.2 Å². The van der Waals surface area contributed by atoms with Crippen LogP contribution in [0.3, 0.4) is 0 Å². The SMILES string of the molecule is NCC1(CNc2cc(Cl)ccc2Cl)CCC1. The van der Waals surface area contributed by atoms with Crippen molar-refractivity contribution in [1.29, 1.82) is 0 Å². The summed E-state index contributed by atoms with van der Waals surface area (Å²) in [5.74, 6) is 0. The van der Waals surface area contributed by atoms with Gasteiger partial charge in [-0.3, -0.25) is 0 Å². The maximum absolute atomic E-state index is 6.08. The Bertz CT molecular complexity index is 370. The first-order valence-corrected chi connectivity index (χ1v) is 6.30. The molecule has 0 bridgehead atoms. The van der Waals surface area contributed by atoms with Crippen LogP contribution >= 0.6 is 23.2 Å². The summed E-state index contributed by atoms with van der Waals surface area (Å²) in [6, 6.07) is 5.45. The second-order valence-electron chi connectivity index (χ2n) is 4.54. The molecule has 4 heteroatoms. The number of halogens is 2. The van der Waals surface area contributed by atoms with Gasteiger partial charge in [-0.2, -0.15) is 0 Å². The molecule has 1 aromatic carbocycles. The minimum Gasteiger partial charge on any atom is -0.383 e. The fourth-order valence-corrected chi connectivity index (χ4v) is 2.40. The van der Waals surface area contributed by atoms with Gasteiger partial charge in [0.25, 0.3) is 0 Å². The fourth-order valence-electron chi connectivity index (χ4n) is 2.05. The van der Waals surface area contributed by atoms with E-state index in [-0.39, 0.29) is 5.41 Å². The molecule has 1 saturated carbocycles.